The second kappa shape index (κ2) is 9.82. The Bertz CT molecular complexity index is 829. The van der Waals surface area contributed by atoms with Crippen molar-refractivity contribution in [2.75, 3.05) is 5.73 Å². The molecule has 29 heavy (non-hydrogen) atoms. The molecule has 0 aliphatic heterocycles. The van der Waals surface area contributed by atoms with Gasteiger partial charge in [0.1, 0.15) is 16.9 Å². The van der Waals surface area contributed by atoms with Gasteiger partial charge in [-0.25, -0.2) is 9.59 Å². The summed E-state index contributed by atoms with van der Waals surface area (Å²) in [4.78, 5) is 33.2. The van der Waals surface area contributed by atoms with E-state index < -0.39 is 17.2 Å². The van der Waals surface area contributed by atoms with Crippen molar-refractivity contribution in [3.63, 3.8) is 0 Å². The summed E-state index contributed by atoms with van der Waals surface area (Å²) in [5, 5.41) is 2.74. The summed E-state index contributed by atoms with van der Waals surface area (Å²) < 4.78 is 10.3. The molecule has 0 amide bonds. The maximum absolute atomic E-state index is 11.5. The molecule has 0 saturated carbocycles. The van der Waals surface area contributed by atoms with E-state index in [0.717, 1.165) is 0 Å². The van der Waals surface area contributed by atoms with Crippen LogP contribution in [0.15, 0.2) is 53.7 Å². The summed E-state index contributed by atoms with van der Waals surface area (Å²) in [6, 6.07) is 12.7. The largest absolute Gasteiger partial charge is 0.456 e. The van der Waals surface area contributed by atoms with Crippen LogP contribution in [-0.2, 0) is 9.47 Å². The number of hydrogen-bond donors (Lipinski definition) is 1. The molecule has 2 N–H and O–H groups in total. The smallest absolute Gasteiger partial charge is 0.338 e. The third kappa shape index (κ3) is 9.51. The first-order chi connectivity index (χ1) is 13.3. The fraction of sp³-hybridized carbons (Fsp3) is 0.364. The van der Waals surface area contributed by atoms with Crippen LogP contribution in [0.2, 0.25) is 0 Å². The van der Waals surface area contributed by atoms with Gasteiger partial charge in [-0.15, -0.1) is 4.91 Å². The number of nitrogens with zero attached hydrogens (tertiary/aromatic N) is 1. The van der Waals surface area contributed by atoms with Crippen molar-refractivity contribution in [3.8, 4) is 0 Å². The van der Waals surface area contributed by atoms with Crippen molar-refractivity contribution in [2.45, 2.75) is 52.7 Å². The second-order valence-electron chi connectivity index (χ2n) is 8.26. The third-order valence-electron chi connectivity index (χ3n) is 3.15. The molecule has 0 aliphatic carbocycles. The molecule has 0 spiro atoms. The zero-order valence-corrected chi connectivity index (χ0v) is 17.7. The van der Waals surface area contributed by atoms with Crippen LogP contribution in [0.25, 0.3) is 0 Å². The van der Waals surface area contributed by atoms with Crippen molar-refractivity contribution in [1.29, 1.82) is 0 Å². The van der Waals surface area contributed by atoms with Crippen LogP contribution in [0.5, 0.6) is 0 Å². The molecule has 0 bridgehead atoms. The van der Waals surface area contributed by atoms with Crippen LogP contribution in [-0.4, -0.2) is 23.1 Å². The minimum absolute atomic E-state index is 0.294. The van der Waals surface area contributed by atoms with Gasteiger partial charge in [0.2, 0.25) is 0 Å². The Hall–Kier alpha value is -3.22. The first-order valence-electron chi connectivity index (χ1n) is 9.06. The first kappa shape index (κ1) is 23.8. The van der Waals surface area contributed by atoms with Gasteiger partial charge < -0.3 is 15.2 Å². The highest BCUT2D eigenvalue weighted by Crippen LogP contribution is 2.16. The molecule has 2 rings (SSSR count). The topological polar surface area (TPSA) is 108 Å². The molecule has 7 heteroatoms. The number of nitroso groups, excluding NO2 is 1. The minimum atomic E-state index is -0.515. The number of anilines is 1. The van der Waals surface area contributed by atoms with E-state index in [9.17, 15) is 14.5 Å². The van der Waals surface area contributed by atoms with Gasteiger partial charge in [0.25, 0.3) is 0 Å². The van der Waals surface area contributed by atoms with E-state index in [1.165, 1.54) is 24.3 Å². The lowest BCUT2D eigenvalue weighted by Crippen LogP contribution is -2.23. The number of esters is 2. The molecule has 2 aromatic rings. The molecule has 0 atom stereocenters. The van der Waals surface area contributed by atoms with Crippen molar-refractivity contribution < 1.29 is 19.1 Å². The average Bonchev–Trinajstić information content (AvgIpc) is 2.60. The van der Waals surface area contributed by atoms with E-state index in [-0.39, 0.29) is 5.97 Å². The number of rotatable bonds is 3. The molecular weight excluding hydrogens is 372 g/mol. The maximum atomic E-state index is 11.5. The number of ether oxygens (including phenoxy) is 2. The van der Waals surface area contributed by atoms with Gasteiger partial charge in [0.15, 0.2) is 0 Å². The Morgan fingerprint density at radius 3 is 1.38 bits per heavy atom. The highest BCUT2D eigenvalue weighted by Gasteiger charge is 2.18. The standard InChI is InChI=1S/C11H13NO3.C11H15NO2/c1-11(2,3)15-10(13)8-4-6-9(12-14)7-5-8;1-11(2,3)14-10(13)8-4-6-9(12)7-5-8/h4-7H,1-3H3;4-7H,12H2,1-3H3. The summed E-state index contributed by atoms with van der Waals surface area (Å²) >= 11 is 0. The zero-order chi connectivity index (χ0) is 22.2. The van der Waals surface area contributed by atoms with Crippen molar-refractivity contribution in [3.05, 3.63) is 64.6 Å². The Morgan fingerprint density at radius 2 is 1.07 bits per heavy atom. The van der Waals surface area contributed by atoms with Crippen molar-refractivity contribution in [1.82, 2.24) is 0 Å². The van der Waals surface area contributed by atoms with Crippen LogP contribution in [0.3, 0.4) is 0 Å². The van der Waals surface area contributed by atoms with Crippen molar-refractivity contribution in [2.24, 2.45) is 5.18 Å². The highest BCUT2D eigenvalue weighted by molar-refractivity contribution is 5.90. The van der Waals surface area contributed by atoms with Crippen LogP contribution < -0.4 is 5.73 Å². The Kier molecular flexibility index (Phi) is 8.06. The van der Waals surface area contributed by atoms with E-state index in [2.05, 4.69) is 5.18 Å². The Balaban J connectivity index is 0.000000291. The monoisotopic (exact) mass is 400 g/mol. The van der Waals surface area contributed by atoms with Crippen LogP contribution in [0.1, 0.15) is 62.3 Å². The lowest BCUT2D eigenvalue weighted by atomic mass is 10.1. The molecular formula is C22H28N2O5. The molecule has 0 heterocycles. The molecule has 0 aromatic heterocycles. The number of carbonyl (C=O) groups excluding carboxylic acids is 2. The predicted octanol–water partition coefficient (Wildman–Crippen LogP) is 5.26. The Morgan fingerprint density at radius 1 is 0.724 bits per heavy atom. The van der Waals surface area contributed by atoms with Crippen LogP contribution >= 0.6 is 0 Å². The van der Waals surface area contributed by atoms with Gasteiger partial charge in [-0.05, 0) is 95.3 Å². The molecule has 2 aromatic carbocycles. The van der Waals surface area contributed by atoms with Gasteiger partial charge >= 0.3 is 11.9 Å². The summed E-state index contributed by atoms with van der Waals surface area (Å²) in [6.45, 7) is 10.9. The molecule has 0 unspecified atom stereocenters. The van der Waals surface area contributed by atoms with E-state index in [4.69, 9.17) is 15.2 Å². The fourth-order valence-corrected chi connectivity index (χ4v) is 1.95. The van der Waals surface area contributed by atoms with Gasteiger partial charge in [0, 0.05) is 5.69 Å². The molecule has 0 aliphatic rings. The maximum Gasteiger partial charge on any atom is 0.338 e. The normalized spacial score (nSPS) is 11.0. The number of hydrogen-bond acceptors (Lipinski definition) is 7. The lowest BCUT2D eigenvalue weighted by molar-refractivity contribution is 0.00570. The SMILES string of the molecule is CC(C)(C)OC(=O)c1ccc(N)cc1.CC(C)(C)OC(=O)c1ccc(N=O)cc1. The highest BCUT2D eigenvalue weighted by atomic mass is 16.6. The first-order valence-corrected chi connectivity index (χ1v) is 9.06. The van der Waals surface area contributed by atoms with Gasteiger partial charge in [-0.1, -0.05) is 0 Å². The van der Waals surface area contributed by atoms with E-state index >= 15 is 0 Å². The number of carbonyl (C=O) groups is 2. The van der Waals surface area contributed by atoms with E-state index in [1.807, 2.05) is 20.8 Å². The summed E-state index contributed by atoms with van der Waals surface area (Å²) in [5.74, 6) is -0.725. The van der Waals surface area contributed by atoms with Gasteiger partial charge in [-0.2, -0.15) is 0 Å². The average molecular weight is 400 g/mol. The minimum Gasteiger partial charge on any atom is -0.456 e. The predicted molar refractivity (Wildman–Crippen MR) is 113 cm³/mol. The van der Waals surface area contributed by atoms with Crippen LogP contribution in [0.4, 0.5) is 11.4 Å². The lowest BCUT2D eigenvalue weighted by Gasteiger charge is -2.19. The van der Waals surface area contributed by atoms with Gasteiger partial charge in [0.05, 0.1) is 11.1 Å². The molecule has 156 valence electrons. The van der Waals surface area contributed by atoms with Crippen LogP contribution in [0, 0.1) is 4.91 Å². The van der Waals surface area contributed by atoms with E-state index in [1.54, 1.807) is 45.0 Å². The second-order valence-corrected chi connectivity index (χ2v) is 8.26. The summed E-state index contributed by atoms with van der Waals surface area (Å²) in [7, 11) is 0. The quantitative estimate of drug-likeness (QED) is 0.427. The fourth-order valence-electron chi connectivity index (χ4n) is 1.95. The number of benzene rings is 2. The summed E-state index contributed by atoms with van der Waals surface area (Å²) in [6.07, 6.45) is 0. The van der Waals surface area contributed by atoms with E-state index in [0.29, 0.717) is 22.5 Å². The summed E-state index contributed by atoms with van der Waals surface area (Å²) in [5.41, 5.74) is 6.39. The molecule has 0 fully saturated rings. The zero-order valence-electron chi connectivity index (χ0n) is 17.7. The van der Waals surface area contributed by atoms with Crippen molar-refractivity contribution >= 4 is 23.3 Å². The van der Waals surface area contributed by atoms with Gasteiger partial charge in [-0.3, -0.25) is 0 Å². The molecule has 0 radical (unpaired) electrons. The molecule has 0 saturated heterocycles. The third-order valence-corrected chi connectivity index (χ3v) is 3.15. The number of nitrogens with two attached hydrogens (primary N) is 1. The Labute approximate surface area is 171 Å². The molecule has 7 nitrogen and oxygen atoms in total. The number of nitrogen functional groups attached to an aromatic ring is 1.